The van der Waals surface area contributed by atoms with Gasteiger partial charge >= 0.3 is 0 Å². The lowest BCUT2D eigenvalue weighted by atomic mass is 9.98. The number of rotatable bonds is 4. The summed E-state index contributed by atoms with van der Waals surface area (Å²) in [6, 6.07) is 10.9. The minimum Gasteiger partial charge on any atom is -0.497 e. The Kier molecular flexibility index (Phi) is 4.02. The Morgan fingerprint density at radius 3 is 3.10 bits per heavy atom. The topological polar surface area (TPSA) is 41.1 Å². The first-order valence-corrected chi connectivity index (χ1v) is 7.23. The van der Waals surface area contributed by atoms with E-state index >= 15 is 0 Å². The van der Waals surface area contributed by atoms with Crippen LogP contribution in [0.1, 0.15) is 36.6 Å². The average Bonchev–Trinajstić information content (AvgIpc) is 3.02. The second-order valence-corrected chi connectivity index (χ2v) is 5.35. The van der Waals surface area contributed by atoms with Gasteiger partial charge in [0.15, 0.2) is 0 Å². The maximum Gasteiger partial charge on any atom is 0.119 e. The van der Waals surface area contributed by atoms with Crippen LogP contribution in [-0.2, 0) is 6.54 Å². The van der Waals surface area contributed by atoms with Crippen molar-refractivity contribution in [1.29, 1.82) is 0 Å². The van der Waals surface area contributed by atoms with Crippen molar-refractivity contribution >= 4 is 0 Å². The summed E-state index contributed by atoms with van der Waals surface area (Å²) >= 11 is 0. The van der Waals surface area contributed by atoms with Gasteiger partial charge in [0.2, 0.25) is 0 Å². The standard InChI is InChI=1S/C16H21N3O/c1-20-14-6-4-5-13(11-14)12-19-10-3-2-7-16(19)15-8-9-17-18-15/h4-6,8-9,11,16H,2-3,7,10,12H2,1H3,(H,17,18). The number of ether oxygens (including phenoxy) is 1. The molecule has 1 aliphatic heterocycles. The fraction of sp³-hybridized carbons (Fsp3) is 0.438. The van der Waals surface area contributed by atoms with Crippen LogP contribution in [0.2, 0.25) is 0 Å². The highest BCUT2D eigenvalue weighted by Gasteiger charge is 2.24. The minimum absolute atomic E-state index is 0.456. The lowest BCUT2D eigenvalue weighted by Crippen LogP contribution is -2.33. The van der Waals surface area contributed by atoms with E-state index in [0.717, 1.165) is 18.8 Å². The van der Waals surface area contributed by atoms with Gasteiger partial charge in [0.25, 0.3) is 0 Å². The molecule has 106 valence electrons. The van der Waals surface area contributed by atoms with Crippen LogP contribution in [-0.4, -0.2) is 28.8 Å². The SMILES string of the molecule is COc1cccc(CN2CCCCC2c2ccn[nH]2)c1. The first-order valence-electron chi connectivity index (χ1n) is 7.23. The summed E-state index contributed by atoms with van der Waals surface area (Å²) in [4.78, 5) is 2.53. The van der Waals surface area contributed by atoms with Crippen molar-refractivity contribution in [2.24, 2.45) is 0 Å². The van der Waals surface area contributed by atoms with Gasteiger partial charge in [-0.2, -0.15) is 5.10 Å². The van der Waals surface area contributed by atoms with Gasteiger partial charge in [0, 0.05) is 12.7 Å². The largest absolute Gasteiger partial charge is 0.497 e. The summed E-state index contributed by atoms with van der Waals surface area (Å²) in [7, 11) is 1.72. The molecule has 1 N–H and O–H groups in total. The van der Waals surface area contributed by atoms with Gasteiger partial charge in [0.1, 0.15) is 5.75 Å². The summed E-state index contributed by atoms with van der Waals surface area (Å²) in [6.07, 6.45) is 5.60. The van der Waals surface area contributed by atoms with Crippen LogP contribution >= 0.6 is 0 Å². The van der Waals surface area contributed by atoms with Crippen LogP contribution in [0.25, 0.3) is 0 Å². The van der Waals surface area contributed by atoms with Crippen LogP contribution in [0.15, 0.2) is 36.5 Å². The predicted octanol–water partition coefficient (Wildman–Crippen LogP) is 3.15. The number of likely N-dealkylation sites (tertiary alicyclic amines) is 1. The van der Waals surface area contributed by atoms with E-state index in [-0.39, 0.29) is 0 Å². The number of benzene rings is 1. The molecule has 4 nitrogen and oxygen atoms in total. The number of nitrogens with one attached hydrogen (secondary N) is 1. The van der Waals surface area contributed by atoms with E-state index in [4.69, 9.17) is 4.74 Å². The second kappa shape index (κ2) is 6.09. The van der Waals surface area contributed by atoms with Crippen LogP contribution < -0.4 is 4.74 Å². The zero-order chi connectivity index (χ0) is 13.8. The zero-order valence-corrected chi connectivity index (χ0v) is 11.9. The highest BCUT2D eigenvalue weighted by atomic mass is 16.5. The van der Waals surface area contributed by atoms with Crippen LogP contribution in [0.4, 0.5) is 0 Å². The maximum absolute atomic E-state index is 5.31. The highest BCUT2D eigenvalue weighted by Crippen LogP contribution is 2.31. The number of aromatic nitrogens is 2. The monoisotopic (exact) mass is 271 g/mol. The van der Waals surface area contributed by atoms with Gasteiger partial charge in [-0.3, -0.25) is 10.00 Å². The lowest BCUT2D eigenvalue weighted by molar-refractivity contribution is 0.137. The fourth-order valence-electron chi connectivity index (χ4n) is 2.99. The summed E-state index contributed by atoms with van der Waals surface area (Å²) in [6.45, 7) is 2.10. The molecule has 1 saturated heterocycles. The predicted molar refractivity (Wildman–Crippen MR) is 78.6 cm³/mol. The summed E-state index contributed by atoms with van der Waals surface area (Å²) in [5, 5.41) is 7.22. The first-order chi connectivity index (χ1) is 9.86. The lowest BCUT2D eigenvalue weighted by Gasteiger charge is -2.35. The van der Waals surface area contributed by atoms with Gasteiger partial charge in [-0.25, -0.2) is 0 Å². The number of hydrogen-bond donors (Lipinski definition) is 1. The number of piperidine rings is 1. The van der Waals surface area contributed by atoms with Crippen molar-refractivity contribution < 1.29 is 4.74 Å². The van der Waals surface area contributed by atoms with Gasteiger partial charge in [-0.15, -0.1) is 0 Å². The molecule has 1 aromatic carbocycles. The zero-order valence-electron chi connectivity index (χ0n) is 11.9. The number of nitrogens with zero attached hydrogens (tertiary/aromatic N) is 2. The quantitative estimate of drug-likeness (QED) is 0.928. The maximum atomic E-state index is 5.31. The van der Waals surface area contributed by atoms with E-state index in [1.54, 1.807) is 7.11 Å². The molecule has 0 spiro atoms. The third-order valence-electron chi connectivity index (χ3n) is 4.01. The van der Waals surface area contributed by atoms with E-state index in [1.165, 1.54) is 30.5 Å². The fourth-order valence-corrected chi connectivity index (χ4v) is 2.99. The molecule has 3 rings (SSSR count). The van der Waals surface area contributed by atoms with Crippen molar-refractivity contribution in [2.45, 2.75) is 31.8 Å². The molecule has 4 heteroatoms. The number of methoxy groups -OCH3 is 1. The Bertz CT molecular complexity index is 538. The minimum atomic E-state index is 0.456. The van der Waals surface area contributed by atoms with Crippen molar-refractivity contribution in [3.05, 3.63) is 47.8 Å². The van der Waals surface area contributed by atoms with E-state index in [2.05, 4.69) is 39.4 Å². The Morgan fingerprint density at radius 2 is 2.30 bits per heavy atom. The van der Waals surface area contributed by atoms with Crippen LogP contribution in [0.5, 0.6) is 5.75 Å². The number of hydrogen-bond acceptors (Lipinski definition) is 3. The molecule has 1 unspecified atom stereocenters. The van der Waals surface area contributed by atoms with Gasteiger partial charge in [-0.05, 0) is 43.1 Å². The van der Waals surface area contributed by atoms with Crippen molar-refractivity contribution in [3.8, 4) is 5.75 Å². The van der Waals surface area contributed by atoms with Gasteiger partial charge in [-0.1, -0.05) is 18.6 Å². The van der Waals surface area contributed by atoms with Crippen molar-refractivity contribution in [3.63, 3.8) is 0 Å². The normalized spacial score (nSPS) is 19.9. The Labute approximate surface area is 119 Å². The molecular weight excluding hydrogens is 250 g/mol. The van der Waals surface area contributed by atoms with E-state index in [1.807, 2.05) is 12.3 Å². The van der Waals surface area contributed by atoms with Crippen molar-refractivity contribution in [2.75, 3.05) is 13.7 Å². The Balaban J connectivity index is 1.76. The van der Waals surface area contributed by atoms with E-state index < -0.39 is 0 Å². The van der Waals surface area contributed by atoms with Gasteiger partial charge < -0.3 is 4.74 Å². The Hall–Kier alpha value is -1.81. The van der Waals surface area contributed by atoms with E-state index in [0.29, 0.717) is 6.04 Å². The Morgan fingerprint density at radius 1 is 1.35 bits per heavy atom. The molecule has 20 heavy (non-hydrogen) atoms. The summed E-state index contributed by atoms with van der Waals surface area (Å²) in [5.41, 5.74) is 2.53. The molecule has 0 bridgehead atoms. The molecule has 2 aromatic rings. The molecule has 1 fully saturated rings. The third kappa shape index (κ3) is 2.85. The van der Waals surface area contributed by atoms with Gasteiger partial charge in [0.05, 0.1) is 18.8 Å². The number of H-pyrrole nitrogens is 1. The third-order valence-corrected chi connectivity index (χ3v) is 4.01. The number of aromatic amines is 1. The molecule has 0 saturated carbocycles. The van der Waals surface area contributed by atoms with Crippen LogP contribution in [0, 0.1) is 0 Å². The molecular formula is C16H21N3O. The van der Waals surface area contributed by atoms with Crippen LogP contribution in [0.3, 0.4) is 0 Å². The first kappa shape index (κ1) is 13.2. The molecule has 0 aliphatic carbocycles. The summed E-state index contributed by atoms with van der Waals surface area (Å²) in [5.74, 6) is 0.928. The molecule has 0 amide bonds. The molecule has 0 radical (unpaired) electrons. The molecule has 1 atom stereocenters. The van der Waals surface area contributed by atoms with Crippen molar-refractivity contribution in [1.82, 2.24) is 15.1 Å². The molecule has 2 heterocycles. The smallest absolute Gasteiger partial charge is 0.119 e. The summed E-state index contributed by atoms with van der Waals surface area (Å²) < 4.78 is 5.31. The average molecular weight is 271 g/mol. The highest BCUT2D eigenvalue weighted by molar-refractivity contribution is 5.28. The second-order valence-electron chi connectivity index (χ2n) is 5.35. The van der Waals surface area contributed by atoms with E-state index in [9.17, 15) is 0 Å². The molecule has 1 aliphatic rings. The molecule has 1 aromatic heterocycles.